The molecule has 0 fully saturated rings. The largest absolute Gasteiger partial charge is 0.493 e. The molecule has 166 valence electrons. The first-order chi connectivity index (χ1) is 14.8. The van der Waals surface area contributed by atoms with Crippen molar-refractivity contribution in [3.8, 4) is 11.5 Å². The van der Waals surface area contributed by atoms with Crippen molar-refractivity contribution in [2.45, 2.75) is 39.3 Å². The van der Waals surface area contributed by atoms with Crippen LogP contribution >= 0.6 is 15.9 Å². The van der Waals surface area contributed by atoms with Gasteiger partial charge in [-0.2, -0.15) is 0 Å². The van der Waals surface area contributed by atoms with Crippen LogP contribution in [-0.2, 0) is 17.8 Å². The van der Waals surface area contributed by atoms with Crippen molar-refractivity contribution in [3.63, 3.8) is 0 Å². The molecule has 0 radical (unpaired) electrons. The van der Waals surface area contributed by atoms with Crippen LogP contribution in [0, 0.1) is 0 Å². The molecule has 0 atom stereocenters. The van der Waals surface area contributed by atoms with Gasteiger partial charge in [0.25, 0.3) is 5.91 Å². The predicted octanol–water partition coefficient (Wildman–Crippen LogP) is 4.56. The number of para-hydroxylation sites is 1. The minimum absolute atomic E-state index is 0.0770. The number of aromatic nitrogens is 1. The topological polar surface area (TPSA) is 75.4 Å². The van der Waals surface area contributed by atoms with Gasteiger partial charge in [-0.25, -0.2) is 0 Å². The van der Waals surface area contributed by atoms with E-state index in [9.17, 15) is 4.79 Å². The average molecular weight is 488 g/mol. The van der Waals surface area contributed by atoms with E-state index in [2.05, 4.69) is 55.9 Å². The first-order valence-electron chi connectivity index (χ1n) is 10.3. The van der Waals surface area contributed by atoms with Crippen LogP contribution in [0.5, 0.6) is 11.5 Å². The van der Waals surface area contributed by atoms with Gasteiger partial charge < -0.3 is 25.1 Å². The molecule has 2 aromatic carbocycles. The van der Waals surface area contributed by atoms with Gasteiger partial charge in [-0.15, -0.1) is 0 Å². The van der Waals surface area contributed by atoms with Crippen LogP contribution in [0.4, 0.5) is 0 Å². The van der Waals surface area contributed by atoms with Crippen molar-refractivity contribution < 1.29 is 14.3 Å². The Morgan fingerprint density at radius 2 is 1.94 bits per heavy atom. The lowest BCUT2D eigenvalue weighted by Crippen LogP contribution is -2.43. The molecule has 7 heteroatoms. The lowest BCUT2D eigenvalue weighted by molar-refractivity contribution is -0.124. The standard InChI is InChI=1S/C24H30BrN3O3/c1-24(2,3)28-22(29)15-31-23-18(19(25)9-10-21(23)30-4)14-26-12-11-16-13-27-20-8-6-5-7-17(16)20/h5-10,13,26-27H,11-12,14-15H2,1-4H3,(H,28,29). The molecular weight excluding hydrogens is 458 g/mol. The van der Waals surface area contributed by atoms with Gasteiger partial charge in [0.1, 0.15) is 0 Å². The highest BCUT2D eigenvalue weighted by atomic mass is 79.9. The number of halogens is 1. The van der Waals surface area contributed by atoms with Gasteiger partial charge >= 0.3 is 0 Å². The van der Waals surface area contributed by atoms with E-state index < -0.39 is 0 Å². The summed E-state index contributed by atoms with van der Waals surface area (Å²) in [6, 6.07) is 12.1. The molecule has 0 aliphatic heterocycles. The average Bonchev–Trinajstić information content (AvgIpc) is 3.12. The SMILES string of the molecule is COc1ccc(Br)c(CNCCc2c[nH]c3ccccc23)c1OCC(=O)NC(C)(C)C. The van der Waals surface area contributed by atoms with Gasteiger partial charge in [-0.05, 0) is 57.5 Å². The second-order valence-corrected chi connectivity index (χ2v) is 9.28. The first-order valence-corrected chi connectivity index (χ1v) is 11.1. The van der Waals surface area contributed by atoms with Crippen molar-refractivity contribution in [2.75, 3.05) is 20.3 Å². The van der Waals surface area contributed by atoms with Crippen molar-refractivity contribution >= 4 is 32.7 Å². The Balaban J connectivity index is 1.65. The van der Waals surface area contributed by atoms with Gasteiger partial charge in [-0.1, -0.05) is 34.1 Å². The molecule has 0 bridgehead atoms. The highest BCUT2D eigenvalue weighted by Gasteiger charge is 2.18. The Hall–Kier alpha value is -2.51. The second-order valence-electron chi connectivity index (χ2n) is 8.43. The number of methoxy groups -OCH3 is 1. The van der Waals surface area contributed by atoms with E-state index in [1.165, 1.54) is 10.9 Å². The molecular formula is C24H30BrN3O3. The zero-order chi connectivity index (χ0) is 22.4. The fourth-order valence-corrected chi connectivity index (χ4v) is 3.89. The summed E-state index contributed by atoms with van der Waals surface area (Å²) in [5.74, 6) is 0.994. The number of H-pyrrole nitrogens is 1. The number of fused-ring (bicyclic) bond motifs is 1. The van der Waals surface area contributed by atoms with Crippen molar-refractivity contribution in [2.24, 2.45) is 0 Å². The molecule has 1 aromatic heterocycles. The Morgan fingerprint density at radius 3 is 2.68 bits per heavy atom. The third-order valence-electron chi connectivity index (χ3n) is 4.80. The van der Waals surface area contributed by atoms with Crippen molar-refractivity contribution in [1.82, 2.24) is 15.6 Å². The predicted molar refractivity (Wildman–Crippen MR) is 128 cm³/mol. The summed E-state index contributed by atoms with van der Waals surface area (Å²) >= 11 is 3.61. The molecule has 0 unspecified atom stereocenters. The van der Waals surface area contributed by atoms with Gasteiger partial charge in [0, 0.05) is 39.2 Å². The fourth-order valence-electron chi connectivity index (χ4n) is 3.43. The lowest BCUT2D eigenvalue weighted by atomic mass is 10.1. The maximum atomic E-state index is 12.2. The summed E-state index contributed by atoms with van der Waals surface area (Å²) in [6.07, 6.45) is 2.96. The molecule has 1 heterocycles. The normalized spacial score (nSPS) is 11.5. The Kier molecular flexibility index (Phi) is 7.62. The van der Waals surface area contributed by atoms with Crippen LogP contribution in [-0.4, -0.2) is 36.7 Å². The molecule has 3 rings (SSSR count). The van der Waals surface area contributed by atoms with E-state index in [0.29, 0.717) is 18.0 Å². The van der Waals surface area contributed by atoms with Gasteiger partial charge in [0.2, 0.25) is 0 Å². The van der Waals surface area contributed by atoms with E-state index in [-0.39, 0.29) is 18.1 Å². The second kappa shape index (κ2) is 10.2. The number of ether oxygens (including phenoxy) is 2. The number of aromatic amines is 1. The smallest absolute Gasteiger partial charge is 0.258 e. The molecule has 0 aliphatic carbocycles. The van der Waals surface area contributed by atoms with E-state index in [1.807, 2.05) is 39.0 Å². The zero-order valence-electron chi connectivity index (χ0n) is 18.5. The summed E-state index contributed by atoms with van der Waals surface area (Å²) < 4.78 is 12.3. The van der Waals surface area contributed by atoms with Crippen molar-refractivity contribution in [3.05, 3.63) is 58.2 Å². The van der Waals surface area contributed by atoms with Crippen LogP contribution in [0.15, 0.2) is 47.1 Å². The van der Waals surface area contributed by atoms with E-state index in [0.717, 1.165) is 28.5 Å². The molecule has 3 N–H and O–H groups in total. The number of hydrogen-bond donors (Lipinski definition) is 3. The summed E-state index contributed by atoms with van der Waals surface area (Å²) in [6.45, 7) is 7.12. The zero-order valence-corrected chi connectivity index (χ0v) is 20.1. The number of nitrogens with one attached hydrogen (secondary N) is 3. The van der Waals surface area contributed by atoms with Crippen LogP contribution in [0.25, 0.3) is 10.9 Å². The summed E-state index contributed by atoms with van der Waals surface area (Å²) in [5.41, 5.74) is 3.04. The molecule has 0 saturated heterocycles. The molecule has 1 amide bonds. The molecule has 3 aromatic rings. The Labute approximate surface area is 191 Å². The summed E-state index contributed by atoms with van der Waals surface area (Å²) in [4.78, 5) is 15.5. The van der Waals surface area contributed by atoms with Gasteiger partial charge in [-0.3, -0.25) is 4.79 Å². The minimum Gasteiger partial charge on any atom is -0.493 e. The van der Waals surface area contributed by atoms with Gasteiger partial charge in [0.05, 0.1) is 7.11 Å². The molecule has 0 spiro atoms. The van der Waals surface area contributed by atoms with Crippen LogP contribution in [0.2, 0.25) is 0 Å². The van der Waals surface area contributed by atoms with E-state index in [1.54, 1.807) is 7.11 Å². The maximum absolute atomic E-state index is 12.2. The first kappa shape index (κ1) is 23.2. The summed E-state index contributed by atoms with van der Waals surface area (Å²) in [5, 5.41) is 7.64. The maximum Gasteiger partial charge on any atom is 0.258 e. The number of benzene rings is 2. The number of carbonyl (C=O) groups excluding carboxylic acids is 1. The molecule has 6 nitrogen and oxygen atoms in total. The summed E-state index contributed by atoms with van der Waals surface area (Å²) in [7, 11) is 1.60. The van der Waals surface area contributed by atoms with Crippen LogP contribution in [0.3, 0.4) is 0 Å². The quantitative estimate of drug-likeness (QED) is 0.386. The number of hydrogen-bond acceptors (Lipinski definition) is 4. The molecule has 0 aliphatic rings. The van der Waals surface area contributed by atoms with E-state index in [4.69, 9.17) is 9.47 Å². The Morgan fingerprint density at radius 1 is 1.16 bits per heavy atom. The van der Waals surface area contributed by atoms with Crippen LogP contribution < -0.4 is 20.1 Å². The highest BCUT2D eigenvalue weighted by Crippen LogP contribution is 2.36. The third-order valence-corrected chi connectivity index (χ3v) is 5.54. The molecule has 31 heavy (non-hydrogen) atoms. The number of carbonyl (C=O) groups is 1. The molecule has 0 saturated carbocycles. The fraction of sp³-hybridized carbons (Fsp3) is 0.375. The number of amides is 1. The third kappa shape index (κ3) is 6.24. The Bertz CT molecular complexity index is 1040. The number of rotatable bonds is 9. The van der Waals surface area contributed by atoms with Gasteiger partial charge in [0.15, 0.2) is 18.1 Å². The van der Waals surface area contributed by atoms with Crippen LogP contribution in [0.1, 0.15) is 31.9 Å². The lowest BCUT2D eigenvalue weighted by Gasteiger charge is -2.21. The highest BCUT2D eigenvalue weighted by molar-refractivity contribution is 9.10. The van der Waals surface area contributed by atoms with E-state index >= 15 is 0 Å². The monoisotopic (exact) mass is 487 g/mol. The minimum atomic E-state index is -0.311. The van der Waals surface area contributed by atoms with Crippen molar-refractivity contribution in [1.29, 1.82) is 0 Å².